The molecular formula is C19H19N5O3. The molecule has 3 unspecified atom stereocenters. The molecule has 1 aromatic carbocycles. The molecule has 0 amide bonds. The fraction of sp³-hybridized carbons (Fsp3) is 0.368. The third-order valence-corrected chi connectivity index (χ3v) is 5.37. The van der Waals surface area contributed by atoms with Gasteiger partial charge in [-0.2, -0.15) is 4.98 Å². The maximum Gasteiger partial charge on any atom is 0.278 e. The number of benzene rings is 1. The third-order valence-electron chi connectivity index (χ3n) is 5.37. The summed E-state index contributed by atoms with van der Waals surface area (Å²) in [5.74, 6) is 1.77. The van der Waals surface area contributed by atoms with Crippen molar-refractivity contribution < 1.29 is 9.63 Å². The van der Waals surface area contributed by atoms with Gasteiger partial charge in [-0.3, -0.25) is 13.8 Å². The molecule has 8 heteroatoms. The van der Waals surface area contributed by atoms with Gasteiger partial charge in [-0.25, -0.2) is 4.98 Å². The summed E-state index contributed by atoms with van der Waals surface area (Å²) >= 11 is 0. The number of hydrogen-bond acceptors (Lipinski definition) is 6. The van der Waals surface area contributed by atoms with Crippen LogP contribution >= 0.6 is 0 Å². The van der Waals surface area contributed by atoms with Crippen LogP contribution in [0.2, 0.25) is 0 Å². The van der Waals surface area contributed by atoms with Gasteiger partial charge in [0.15, 0.2) is 0 Å². The summed E-state index contributed by atoms with van der Waals surface area (Å²) in [4.78, 5) is 22.2. The van der Waals surface area contributed by atoms with Crippen molar-refractivity contribution in [3.63, 3.8) is 0 Å². The maximum absolute atomic E-state index is 13.3. The van der Waals surface area contributed by atoms with Crippen molar-refractivity contribution in [2.75, 3.05) is 6.61 Å². The van der Waals surface area contributed by atoms with Gasteiger partial charge in [-0.05, 0) is 31.4 Å². The number of aliphatic hydroxyl groups is 1. The number of aromatic nitrogens is 5. The normalized spacial score (nSPS) is 20.4. The molecule has 8 nitrogen and oxygen atoms in total. The van der Waals surface area contributed by atoms with Crippen LogP contribution in [-0.4, -0.2) is 35.8 Å². The first-order valence-electron chi connectivity index (χ1n) is 9.05. The summed E-state index contributed by atoms with van der Waals surface area (Å²) in [7, 11) is 0. The minimum absolute atomic E-state index is 0.143. The minimum Gasteiger partial charge on any atom is -0.394 e. The molecular weight excluding hydrogens is 346 g/mol. The second-order valence-electron chi connectivity index (χ2n) is 7.28. The van der Waals surface area contributed by atoms with Crippen molar-refractivity contribution in [1.29, 1.82) is 0 Å². The van der Waals surface area contributed by atoms with Gasteiger partial charge in [0.1, 0.15) is 17.5 Å². The SMILES string of the molecule is CC1CC1c1nc(-c2ncn3c2c(=O)n(C(C)CO)c2ccccc23)no1. The second kappa shape index (κ2) is 5.75. The lowest BCUT2D eigenvalue weighted by atomic mass is 10.2. The lowest BCUT2D eigenvalue weighted by Gasteiger charge is -2.17. The predicted molar refractivity (Wildman–Crippen MR) is 98.6 cm³/mol. The molecule has 27 heavy (non-hydrogen) atoms. The Morgan fingerprint density at radius 3 is 2.78 bits per heavy atom. The van der Waals surface area contributed by atoms with Crippen LogP contribution in [0.1, 0.15) is 38.1 Å². The topological polar surface area (TPSA) is 98.5 Å². The molecule has 0 spiro atoms. The summed E-state index contributed by atoms with van der Waals surface area (Å²) in [5.41, 5.74) is 2.10. The molecule has 1 aliphatic carbocycles. The Labute approximate surface area is 154 Å². The first-order chi connectivity index (χ1) is 13.1. The quantitative estimate of drug-likeness (QED) is 0.596. The van der Waals surface area contributed by atoms with E-state index in [4.69, 9.17) is 4.52 Å². The molecule has 0 bridgehead atoms. The fourth-order valence-electron chi connectivity index (χ4n) is 3.66. The zero-order valence-corrected chi connectivity index (χ0v) is 15.0. The molecule has 0 saturated heterocycles. The van der Waals surface area contributed by atoms with E-state index in [-0.39, 0.29) is 18.2 Å². The van der Waals surface area contributed by atoms with Crippen molar-refractivity contribution in [3.05, 3.63) is 46.8 Å². The molecule has 1 aliphatic rings. The monoisotopic (exact) mass is 365 g/mol. The Morgan fingerprint density at radius 2 is 2.07 bits per heavy atom. The van der Waals surface area contributed by atoms with E-state index in [1.165, 1.54) is 0 Å². The highest BCUT2D eigenvalue weighted by molar-refractivity contribution is 5.83. The summed E-state index contributed by atoms with van der Waals surface area (Å²) in [6.07, 6.45) is 2.65. The number of para-hydroxylation sites is 2. The summed E-state index contributed by atoms with van der Waals surface area (Å²) in [6, 6.07) is 7.18. The van der Waals surface area contributed by atoms with E-state index in [0.717, 1.165) is 17.5 Å². The molecule has 3 atom stereocenters. The van der Waals surface area contributed by atoms with E-state index >= 15 is 0 Å². The molecule has 3 heterocycles. The molecule has 138 valence electrons. The van der Waals surface area contributed by atoms with Gasteiger partial charge in [0.2, 0.25) is 11.7 Å². The molecule has 4 aromatic rings. The zero-order chi connectivity index (χ0) is 18.7. The number of rotatable bonds is 4. The molecule has 1 N–H and O–H groups in total. The van der Waals surface area contributed by atoms with E-state index in [2.05, 4.69) is 22.0 Å². The van der Waals surface area contributed by atoms with E-state index in [1.54, 1.807) is 22.2 Å². The average Bonchev–Trinajstić information content (AvgIpc) is 3.09. The van der Waals surface area contributed by atoms with E-state index < -0.39 is 0 Å². The van der Waals surface area contributed by atoms with Crippen molar-refractivity contribution in [2.45, 2.75) is 32.2 Å². The Bertz CT molecular complexity index is 1220. The van der Waals surface area contributed by atoms with Crippen LogP contribution < -0.4 is 5.56 Å². The number of hydrogen-bond donors (Lipinski definition) is 1. The highest BCUT2D eigenvalue weighted by Crippen LogP contribution is 2.46. The van der Waals surface area contributed by atoms with Crippen LogP contribution in [0.4, 0.5) is 0 Å². The van der Waals surface area contributed by atoms with E-state index in [1.807, 2.05) is 24.3 Å². The third kappa shape index (κ3) is 2.33. The fourth-order valence-corrected chi connectivity index (χ4v) is 3.66. The maximum atomic E-state index is 13.3. The smallest absolute Gasteiger partial charge is 0.278 e. The average molecular weight is 365 g/mol. The zero-order valence-electron chi connectivity index (χ0n) is 15.0. The minimum atomic E-state index is -0.372. The van der Waals surface area contributed by atoms with Crippen LogP contribution in [0, 0.1) is 5.92 Å². The largest absolute Gasteiger partial charge is 0.394 e. The molecule has 0 radical (unpaired) electrons. The van der Waals surface area contributed by atoms with Gasteiger partial charge in [-0.1, -0.05) is 24.2 Å². The molecule has 1 saturated carbocycles. The van der Waals surface area contributed by atoms with Gasteiger partial charge in [0.05, 0.1) is 23.7 Å². The Hall–Kier alpha value is -3.00. The van der Waals surface area contributed by atoms with Crippen LogP contribution in [0.3, 0.4) is 0 Å². The van der Waals surface area contributed by atoms with Crippen molar-refractivity contribution >= 4 is 16.6 Å². The van der Waals surface area contributed by atoms with E-state index in [9.17, 15) is 9.90 Å². The standard InChI is InChI=1S/C19H19N5O3/c1-10-7-12(10)18-21-17(22-27-18)15-16-19(26)24(11(2)8-25)14-6-4-3-5-13(14)23(16)9-20-15/h3-6,9-12,25H,7-8H2,1-2H3. The molecule has 3 aromatic heterocycles. The Kier molecular flexibility index (Phi) is 3.45. The second-order valence-corrected chi connectivity index (χ2v) is 7.28. The van der Waals surface area contributed by atoms with Crippen molar-refractivity contribution in [3.8, 4) is 11.5 Å². The van der Waals surface area contributed by atoms with E-state index in [0.29, 0.717) is 34.8 Å². The first-order valence-corrected chi connectivity index (χ1v) is 9.05. The summed E-state index contributed by atoms with van der Waals surface area (Å²) in [5, 5.41) is 13.7. The van der Waals surface area contributed by atoms with Crippen LogP contribution in [0.15, 0.2) is 39.9 Å². The first kappa shape index (κ1) is 16.2. The van der Waals surface area contributed by atoms with Gasteiger partial charge in [0.25, 0.3) is 5.56 Å². The van der Waals surface area contributed by atoms with Crippen molar-refractivity contribution in [1.82, 2.24) is 24.1 Å². The molecule has 1 fully saturated rings. The van der Waals surface area contributed by atoms with Gasteiger partial charge in [0, 0.05) is 5.92 Å². The van der Waals surface area contributed by atoms with Crippen LogP contribution in [-0.2, 0) is 0 Å². The number of nitrogens with zero attached hydrogens (tertiary/aromatic N) is 5. The molecule has 5 rings (SSSR count). The van der Waals surface area contributed by atoms with Crippen molar-refractivity contribution in [2.24, 2.45) is 5.92 Å². The highest BCUT2D eigenvalue weighted by atomic mass is 16.5. The molecule has 0 aliphatic heterocycles. The lowest BCUT2D eigenvalue weighted by molar-refractivity contribution is 0.239. The summed E-state index contributed by atoms with van der Waals surface area (Å²) < 4.78 is 8.75. The van der Waals surface area contributed by atoms with Crippen LogP contribution in [0.25, 0.3) is 28.1 Å². The number of aliphatic hydroxyl groups excluding tert-OH is 1. The summed E-state index contributed by atoms with van der Waals surface area (Å²) in [6.45, 7) is 3.80. The van der Waals surface area contributed by atoms with Gasteiger partial charge < -0.3 is 9.63 Å². The number of imidazole rings is 1. The van der Waals surface area contributed by atoms with Crippen LogP contribution in [0.5, 0.6) is 0 Å². The highest BCUT2D eigenvalue weighted by Gasteiger charge is 2.39. The number of fused-ring (bicyclic) bond motifs is 3. The lowest BCUT2D eigenvalue weighted by Crippen LogP contribution is -2.27. The Balaban J connectivity index is 1.79. The Morgan fingerprint density at radius 1 is 1.33 bits per heavy atom. The van der Waals surface area contributed by atoms with Gasteiger partial charge >= 0.3 is 0 Å². The van der Waals surface area contributed by atoms with Gasteiger partial charge in [-0.15, -0.1) is 0 Å². The predicted octanol–water partition coefficient (Wildman–Crippen LogP) is 2.38.